The van der Waals surface area contributed by atoms with E-state index in [-0.39, 0.29) is 18.8 Å². The monoisotopic (exact) mass is 354 g/mol. The first-order valence-electron chi connectivity index (χ1n) is 7.37. The highest BCUT2D eigenvalue weighted by molar-refractivity contribution is 7.90. The van der Waals surface area contributed by atoms with E-state index in [1.807, 2.05) is 0 Å². The van der Waals surface area contributed by atoms with Crippen LogP contribution in [-0.2, 0) is 14.9 Å². The van der Waals surface area contributed by atoms with Gasteiger partial charge in [0.1, 0.15) is 11.6 Å². The van der Waals surface area contributed by atoms with Gasteiger partial charge in [0.05, 0.1) is 18.9 Å². The molecule has 128 valence electrons. The molecule has 24 heavy (non-hydrogen) atoms. The second-order valence-electron chi connectivity index (χ2n) is 5.32. The second-order valence-corrected chi connectivity index (χ2v) is 6.99. The predicted octanol–water partition coefficient (Wildman–Crippen LogP) is 2.62. The first kappa shape index (κ1) is 16.8. The summed E-state index contributed by atoms with van der Waals surface area (Å²) in [7, 11) is -3.78. The Morgan fingerprint density at radius 3 is 2.25 bits per heavy atom. The predicted molar refractivity (Wildman–Crippen MR) is 86.7 cm³/mol. The van der Waals surface area contributed by atoms with Crippen molar-refractivity contribution in [1.29, 1.82) is 0 Å². The van der Waals surface area contributed by atoms with Crippen LogP contribution in [-0.4, -0.2) is 39.0 Å². The van der Waals surface area contributed by atoms with Crippen LogP contribution in [0.3, 0.4) is 0 Å². The van der Waals surface area contributed by atoms with Gasteiger partial charge < -0.3 is 4.74 Å². The van der Waals surface area contributed by atoms with E-state index in [4.69, 9.17) is 4.74 Å². The maximum absolute atomic E-state index is 13.6. The summed E-state index contributed by atoms with van der Waals surface area (Å²) in [5.41, 5.74) is 1.08. The SMILES string of the molecule is O=S(=O)(Nc1ccc(F)cc1-c1ccc(F)cc1)N1CCOCC1. The number of hydrogen-bond acceptors (Lipinski definition) is 3. The van der Waals surface area contributed by atoms with Crippen molar-refractivity contribution in [1.82, 2.24) is 4.31 Å². The molecule has 0 aliphatic carbocycles. The number of nitrogens with zero attached hydrogens (tertiary/aromatic N) is 1. The molecule has 0 atom stereocenters. The summed E-state index contributed by atoms with van der Waals surface area (Å²) < 4.78 is 60.6. The molecule has 1 fully saturated rings. The van der Waals surface area contributed by atoms with Crippen LogP contribution in [0, 0.1) is 11.6 Å². The Balaban J connectivity index is 1.94. The largest absolute Gasteiger partial charge is 0.379 e. The Bertz CT molecular complexity index is 820. The average Bonchev–Trinajstić information content (AvgIpc) is 2.58. The van der Waals surface area contributed by atoms with E-state index in [2.05, 4.69) is 4.72 Å². The van der Waals surface area contributed by atoms with Gasteiger partial charge in [0.15, 0.2) is 0 Å². The van der Waals surface area contributed by atoms with E-state index in [1.54, 1.807) is 0 Å². The Kier molecular flexibility index (Phi) is 4.79. The van der Waals surface area contributed by atoms with Crippen LogP contribution in [0.1, 0.15) is 0 Å². The molecule has 0 saturated carbocycles. The van der Waals surface area contributed by atoms with Crippen molar-refractivity contribution in [3.63, 3.8) is 0 Å². The van der Waals surface area contributed by atoms with Gasteiger partial charge in [-0.25, -0.2) is 8.78 Å². The lowest BCUT2D eigenvalue weighted by molar-refractivity contribution is 0.0733. The first-order valence-corrected chi connectivity index (χ1v) is 8.81. The van der Waals surface area contributed by atoms with E-state index in [9.17, 15) is 17.2 Å². The number of anilines is 1. The van der Waals surface area contributed by atoms with E-state index in [1.165, 1.54) is 46.8 Å². The molecule has 2 aromatic rings. The molecular formula is C16H16F2N2O3S. The van der Waals surface area contributed by atoms with Crippen LogP contribution in [0.2, 0.25) is 0 Å². The number of hydrogen-bond donors (Lipinski definition) is 1. The van der Waals surface area contributed by atoms with Crippen LogP contribution in [0.25, 0.3) is 11.1 Å². The highest BCUT2D eigenvalue weighted by atomic mass is 32.2. The van der Waals surface area contributed by atoms with Crippen molar-refractivity contribution in [2.24, 2.45) is 0 Å². The highest BCUT2D eigenvalue weighted by Crippen LogP contribution is 2.30. The van der Waals surface area contributed by atoms with E-state index in [0.717, 1.165) is 0 Å². The van der Waals surface area contributed by atoms with Crippen LogP contribution in [0.5, 0.6) is 0 Å². The van der Waals surface area contributed by atoms with Crippen molar-refractivity contribution >= 4 is 15.9 Å². The third-order valence-corrected chi connectivity index (χ3v) is 5.21. The molecule has 3 rings (SSSR count). The van der Waals surface area contributed by atoms with Gasteiger partial charge in [-0.3, -0.25) is 4.72 Å². The zero-order valence-corrected chi connectivity index (χ0v) is 13.5. The lowest BCUT2D eigenvalue weighted by Gasteiger charge is -2.26. The van der Waals surface area contributed by atoms with Crippen LogP contribution >= 0.6 is 0 Å². The zero-order valence-electron chi connectivity index (χ0n) is 12.7. The second kappa shape index (κ2) is 6.84. The molecule has 0 aromatic heterocycles. The van der Waals surface area contributed by atoms with E-state index in [0.29, 0.717) is 24.3 Å². The number of nitrogens with one attached hydrogen (secondary N) is 1. The molecular weight excluding hydrogens is 338 g/mol. The lowest BCUT2D eigenvalue weighted by Crippen LogP contribution is -2.43. The van der Waals surface area contributed by atoms with Crippen LogP contribution in [0.15, 0.2) is 42.5 Å². The van der Waals surface area contributed by atoms with Crippen molar-refractivity contribution in [2.75, 3.05) is 31.0 Å². The molecule has 1 aliphatic rings. The summed E-state index contributed by atoms with van der Waals surface area (Å²) in [6.45, 7) is 1.16. The zero-order chi connectivity index (χ0) is 17.2. The minimum absolute atomic E-state index is 0.231. The third kappa shape index (κ3) is 3.72. The summed E-state index contributed by atoms with van der Waals surface area (Å²) in [6.07, 6.45) is 0. The lowest BCUT2D eigenvalue weighted by atomic mass is 10.0. The fraction of sp³-hybridized carbons (Fsp3) is 0.250. The Hall–Kier alpha value is -2.03. The van der Waals surface area contributed by atoms with Crippen molar-refractivity contribution < 1.29 is 21.9 Å². The van der Waals surface area contributed by atoms with Gasteiger partial charge in [-0.05, 0) is 35.9 Å². The molecule has 0 unspecified atom stereocenters. The molecule has 2 aromatic carbocycles. The number of ether oxygens (including phenoxy) is 1. The fourth-order valence-corrected chi connectivity index (χ4v) is 3.68. The topological polar surface area (TPSA) is 58.6 Å². The van der Waals surface area contributed by atoms with Crippen molar-refractivity contribution in [2.45, 2.75) is 0 Å². The summed E-state index contributed by atoms with van der Waals surface area (Å²) in [4.78, 5) is 0. The molecule has 1 saturated heterocycles. The summed E-state index contributed by atoms with van der Waals surface area (Å²) in [5, 5.41) is 0. The van der Waals surface area contributed by atoms with Crippen molar-refractivity contribution in [3.8, 4) is 11.1 Å². The number of morpholine rings is 1. The van der Waals surface area contributed by atoms with Gasteiger partial charge in [0.25, 0.3) is 0 Å². The Labute approximate surface area is 139 Å². The molecule has 0 spiro atoms. The molecule has 1 N–H and O–H groups in total. The third-order valence-electron chi connectivity index (χ3n) is 3.69. The minimum atomic E-state index is -3.78. The maximum Gasteiger partial charge on any atom is 0.301 e. The smallest absolute Gasteiger partial charge is 0.301 e. The standard InChI is InChI=1S/C16H16F2N2O3S/c17-13-3-1-12(2-4-13)15-11-14(18)5-6-16(15)19-24(21,22)20-7-9-23-10-8-20/h1-6,11,19H,7-10H2. The molecule has 0 bridgehead atoms. The van der Waals surface area contributed by atoms with Gasteiger partial charge in [0, 0.05) is 18.7 Å². The average molecular weight is 354 g/mol. The fourth-order valence-electron chi connectivity index (χ4n) is 2.46. The van der Waals surface area contributed by atoms with E-state index >= 15 is 0 Å². The van der Waals surface area contributed by atoms with Crippen LogP contribution in [0.4, 0.5) is 14.5 Å². The summed E-state index contributed by atoms with van der Waals surface area (Å²) >= 11 is 0. The van der Waals surface area contributed by atoms with Gasteiger partial charge in [-0.15, -0.1) is 0 Å². The molecule has 1 aliphatic heterocycles. The first-order chi connectivity index (χ1) is 11.5. The van der Waals surface area contributed by atoms with Crippen LogP contribution < -0.4 is 4.72 Å². The Morgan fingerprint density at radius 2 is 1.58 bits per heavy atom. The van der Waals surface area contributed by atoms with Gasteiger partial charge in [-0.1, -0.05) is 12.1 Å². The Morgan fingerprint density at radius 1 is 0.958 bits per heavy atom. The molecule has 8 heteroatoms. The van der Waals surface area contributed by atoms with Gasteiger partial charge in [-0.2, -0.15) is 12.7 Å². The minimum Gasteiger partial charge on any atom is -0.379 e. The van der Waals surface area contributed by atoms with Crippen molar-refractivity contribution in [3.05, 3.63) is 54.1 Å². The van der Waals surface area contributed by atoms with E-state index < -0.39 is 21.8 Å². The number of rotatable bonds is 4. The summed E-state index contributed by atoms with van der Waals surface area (Å²) in [5.74, 6) is -0.936. The molecule has 0 radical (unpaired) electrons. The molecule has 5 nitrogen and oxygen atoms in total. The van der Waals surface area contributed by atoms with Gasteiger partial charge >= 0.3 is 10.2 Å². The number of halogens is 2. The summed E-state index contributed by atoms with van der Waals surface area (Å²) in [6, 6.07) is 9.15. The molecule has 0 amide bonds. The highest BCUT2D eigenvalue weighted by Gasteiger charge is 2.25. The quantitative estimate of drug-likeness (QED) is 0.918. The normalized spacial score (nSPS) is 16.1. The van der Waals surface area contributed by atoms with Gasteiger partial charge in [0.2, 0.25) is 0 Å². The molecule has 1 heterocycles. The maximum atomic E-state index is 13.6. The number of benzene rings is 2.